The van der Waals surface area contributed by atoms with Crippen LogP contribution in [0, 0.1) is 0 Å². The quantitative estimate of drug-likeness (QED) is 0.319. The summed E-state index contributed by atoms with van der Waals surface area (Å²) in [6.07, 6.45) is -0.266. The molecule has 1 aliphatic rings. The Hall–Kier alpha value is -0.260. The molecule has 0 aromatic carbocycles. The van der Waals surface area contributed by atoms with Gasteiger partial charge in [0.1, 0.15) is 6.61 Å². The molecule has 1 saturated heterocycles. The monoisotopic (exact) mass is 135 g/mol. The van der Waals surface area contributed by atoms with Crippen molar-refractivity contribution in [3.63, 3.8) is 0 Å². The molecule has 0 saturated carbocycles. The van der Waals surface area contributed by atoms with Crippen molar-refractivity contribution in [2.24, 2.45) is 0 Å². The van der Waals surface area contributed by atoms with E-state index in [1.165, 1.54) is 0 Å². The van der Waals surface area contributed by atoms with E-state index in [0.29, 0.717) is 13.1 Å². The first-order chi connectivity index (χ1) is 3.93. The average molecular weight is 135 g/mol. The summed E-state index contributed by atoms with van der Waals surface area (Å²) in [7, 11) is 0. The van der Waals surface area contributed by atoms with Gasteiger partial charge in [-0.05, 0) is 0 Å². The Labute approximate surface area is 50.9 Å². The summed E-state index contributed by atoms with van der Waals surface area (Å²) < 4.78 is 11.9. The molecule has 1 atom stereocenters. The Morgan fingerprint density at radius 2 is 2.88 bits per heavy atom. The standard InChI is InChI=1S/C3H5NO3S/c5-2-6-3-1-7-8-4-3/h2-4H,1H2. The van der Waals surface area contributed by atoms with Crippen LogP contribution in [0.15, 0.2) is 0 Å². The van der Waals surface area contributed by atoms with Crippen molar-refractivity contribution in [2.75, 3.05) is 6.61 Å². The van der Waals surface area contributed by atoms with Gasteiger partial charge in [-0.25, -0.2) is 4.72 Å². The van der Waals surface area contributed by atoms with Crippen molar-refractivity contribution in [1.82, 2.24) is 4.72 Å². The lowest BCUT2D eigenvalue weighted by atomic mass is 10.6. The molecule has 1 heterocycles. The second-order valence-corrected chi connectivity index (χ2v) is 1.84. The minimum atomic E-state index is -0.266. The van der Waals surface area contributed by atoms with Crippen molar-refractivity contribution in [3.8, 4) is 0 Å². The van der Waals surface area contributed by atoms with Gasteiger partial charge in [-0.2, -0.15) is 0 Å². The van der Waals surface area contributed by atoms with Gasteiger partial charge in [-0.15, -0.1) is 0 Å². The number of carbonyl (C=O) groups is 1. The Kier molecular flexibility index (Phi) is 2.13. The normalized spacial score (nSPS) is 27.8. The lowest BCUT2D eigenvalue weighted by Crippen LogP contribution is -2.22. The highest BCUT2D eigenvalue weighted by Crippen LogP contribution is 2.08. The van der Waals surface area contributed by atoms with E-state index >= 15 is 0 Å². The molecule has 46 valence electrons. The Morgan fingerprint density at radius 3 is 3.38 bits per heavy atom. The maximum absolute atomic E-state index is 9.63. The number of ether oxygens (including phenoxy) is 1. The van der Waals surface area contributed by atoms with E-state index in [1.54, 1.807) is 0 Å². The van der Waals surface area contributed by atoms with Crippen LogP contribution in [-0.2, 0) is 13.7 Å². The van der Waals surface area contributed by atoms with Crippen molar-refractivity contribution in [2.45, 2.75) is 6.23 Å². The zero-order valence-corrected chi connectivity index (χ0v) is 4.81. The second-order valence-electron chi connectivity index (χ2n) is 1.21. The van der Waals surface area contributed by atoms with Crippen LogP contribution in [0.25, 0.3) is 0 Å². The largest absolute Gasteiger partial charge is 0.445 e. The molecular weight excluding hydrogens is 130 g/mol. The summed E-state index contributed by atoms with van der Waals surface area (Å²) in [5.74, 6) is 0. The molecule has 1 aliphatic heterocycles. The summed E-state index contributed by atoms with van der Waals surface area (Å²) in [4.78, 5) is 9.63. The lowest BCUT2D eigenvalue weighted by molar-refractivity contribution is -0.134. The van der Waals surface area contributed by atoms with Crippen LogP contribution < -0.4 is 4.72 Å². The van der Waals surface area contributed by atoms with Gasteiger partial charge in [0, 0.05) is 0 Å². The summed E-state index contributed by atoms with van der Waals surface area (Å²) in [5, 5.41) is 0. The second kappa shape index (κ2) is 2.91. The smallest absolute Gasteiger partial charge is 0.294 e. The Bertz CT molecular complexity index is 82.6. The first-order valence-corrected chi connectivity index (χ1v) is 2.81. The number of hydrogen-bond acceptors (Lipinski definition) is 5. The first-order valence-electron chi connectivity index (χ1n) is 2.06. The van der Waals surface area contributed by atoms with Gasteiger partial charge < -0.3 is 4.74 Å². The molecule has 8 heavy (non-hydrogen) atoms. The predicted molar refractivity (Wildman–Crippen MR) is 27.6 cm³/mol. The fraction of sp³-hybridized carbons (Fsp3) is 0.667. The van der Waals surface area contributed by atoms with Crippen LogP contribution in [0.3, 0.4) is 0 Å². The molecule has 0 aliphatic carbocycles. The van der Waals surface area contributed by atoms with E-state index in [2.05, 4.69) is 9.46 Å². The number of rotatable bonds is 2. The molecular formula is C3H5NO3S. The zero-order valence-electron chi connectivity index (χ0n) is 3.99. The van der Waals surface area contributed by atoms with Crippen molar-refractivity contribution < 1.29 is 13.7 Å². The van der Waals surface area contributed by atoms with Crippen LogP contribution in [0.4, 0.5) is 0 Å². The highest BCUT2D eigenvalue weighted by atomic mass is 32.2. The highest BCUT2D eigenvalue weighted by molar-refractivity contribution is 7.92. The van der Waals surface area contributed by atoms with Gasteiger partial charge >= 0.3 is 0 Å². The maximum atomic E-state index is 9.63. The Morgan fingerprint density at radius 1 is 2.00 bits per heavy atom. The van der Waals surface area contributed by atoms with Crippen molar-refractivity contribution in [3.05, 3.63) is 0 Å². The molecule has 0 spiro atoms. The van der Waals surface area contributed by atoms with Gasteiger partial charge in [-0.1, -0.05) is 0 Å². The molecule has 5 heteroatoms. The highest BCUT2D eigenvalue weighted by Gasteiger charge is 2.15. The van der Waals surface area contributed by atoms with Crippen LogP contribution >= 0.6 is 12.2 Å². The summed E-state index contributed by atoms with van der Waals surface area (Å²) in [6, 6.07) is 0. The fourth-order valence-electron chi connectivity index (χ4n) is 0.352. The fourth-order valence-corrected chi connectivity index (χ4v) is 0.842. The molecule has 0 aromatic rings. The van der Waals surface area contributed by atoms with Gasteiger partial charge in [0.05, 0.1) is 12.2 Å². The van der Waals surface area contributed by atoms with E-state index in [4.69, 9.17) is 4.18 Å². The minimum absolute atomic E-state index is 0.266. The third-order valence-electron chi connectivity index (χ3n) is 0.678. The SMILES string of the molecule is O=COC1COSN1. The van der Waals surface area contributed by atoms with Crippen molar-refractivity contribution >= 4 is 18.7 Å². The molecule has 1 fully saturated rings. The van der Waals surface area contributed by atoms with E-state index in [9.17, 15) is 4.79 Å². The molecule has 0 bridgehead atoms. The van der Waals surface area contributed by atoms with Crippen LogP contribution in [0.5, 0.6) is 0 Å². The van der Waals surface area contributed by atoms with Crippen LogP contribution in [0.1, 0.15) is 0 Å². The molecule has 0 radical (unpaired) electrons. The molecule has 1 N–H and O–H groups in total. The molecule has 0 aromatic heterocycles. The van der Waals surface area contributed by atoms with E-state index in [0.717, 1.165) is 12.2 Å². The third kappa shape index (κ3) is 1.36. The van der Waals surface area contributed by atoms with Crippen LogP contribution in [-0.4, -0.2) is 19.3 Å². The summed E-state index contributed by atoms with van der Waals surface area (Å²) in [5.41, 5.74) is 0. The number of nitrogens with one attached hydrogen (secondary N) is 1. The molecule has 1 unspecified atom stereocenters. The Balaban J connectivity index is 2.14. The van der Waals surface area contributed by atoms with Gasteiger partial charge in [0.25, 0.3) is 6.47 Å². The van der Waals surface area contributed by atoms with E-state index < -0.39 is 0 Å². The zero-order chi connectivity index (χ0) is 5.82. The van der Waals surface area contributed by atoms with Gasteiger partial charge in [0.2, 0.25) is 0 Å². The average Bonchev–Trinajstić information content (AvgIpc) is 2.19. The molecule has 0 amide bonds. The van der Waals surface area contributed by atoms with Gasteiger partial charge in [-0.3, -0.25) is 8.98 Å². The summed E-state index contributed by atoms with van der Waals surface area (Å²) >= 11 is 1.09. The van der Waals surface area contributed by atoms with Gasteiger partial charge in [0.15, 0.2) is 6.23 Å². The first kappa shape index (κ1) is 5.87. The van der Waals surface area contributed by atoms with E-state index in [-0.39, 0.29) is 6.23 Å². The van der Waals surface area contributed by atoms with Crippen LogP contribution in [0.2, 0.25) is 0 Å². The number of carbonyl (C=O) groups excluding carboxylic acids is 1. The molecule has 1 rings (SSSR count). The minimum Gasteiger partial charge on any atom is -0.445 e. The third-order valence-corrected chi connectivity index (χ3v) is 1.29. The maximum Gasteiger partial charge on any atom is 0.294 e. The summed E-state index contributed by atoms with van der Waals surface area (Å²) in [6.45, 7) is 0.816. The number of hydrogen-bond donors (Lipinski definition) is 1. The van der Waals surface area contributed by atoms with E-state index in [1.807, 2.05) is 0 Å². The predicted octanol–water partition coefficient (Wildman–Crippen LogP) is -0.332. The molecule has 4 nitrogen and oxygen atoms in total. The topological polar surface area (TPSA) is 47.6 Å². The lowest BCUT2D eigenvalue weighted by Gasteiger charge is -2.00. The van der Waals surface area contributed by atoms with Crippen molar-refractivity contribution in [1.29, 1.82) is 0 Å².